The van der Waals surface area contributed by atoms with Crippen LogP contribution in [-0.2, 0) is 26.2 Å². The lowest BCUT2D eigenvalue weighted by atomic mass is 10.0. The van der Waals surface area contributed by atoms with Crippen molar-refractivity contribution in [1.82, 2.24) is 29.2 Å². The summed E-state index contributed by atoms with van der Waals surface area (Å²) in [6.07, 6.45) is -3.41. The Bertz CT molecular complexity index is 1310. The molecule has 1 aromatic carbocycles. The second kappa shape index (κ2) is 7.78. The van der Waals surface area contributed by atoms with Crippen molar-refractivity contribution in [3.05, 3.63) is 69.1 Å². The summed E-state index contributed by atoms with van der Waals surface area (Å²) in [6.45, 7) is -0.0742. The van der Waals surface area contributed by atoms with Gasteiger partial charge in [-0.05, 0) is 17.7 Å². The van der Waals surface area contributed by atoms with Crippen molar-refractivity contribution >= 4 is 22.8 Å². The van der Waals surface area contributed by atoms with Gasteiger partial charge in [-0.2, -0.15) is 18.2 Å². The lowest BCUT2D eigenvalue weighted by molar-refractivity contribution is -0.137. The third kappa shape index (κ3) is 4.16. The van der Waals surface area contributed by atoms with Crippen LogP contribution in [-0.4, -0.2) is 34.3 Å². The molecule has 1 N–H and O–H groups in total. The minimum absolute atomic E-state index is 0.00477. The number of halogens is 4. The monoisotopic (exact) mass is 454 g/mol. The van der Waals surface area contributed by atoms with Crippen molar-refractivity contribution in [2.45, 2.75) is 25.2 Å². The molecule has 0 bridgehead atoms. The number of hydrogen-bond donors (Lipinski definition) is 1. The molecule has 0 saturated carbocycles. The summed E-state index contributed by atoms with van der Waals surface area (Å²) in [5, 5.41) is 13.6. The summed E-state index contributed by atoms with van der Waals surface area (Å²) in [5.74, 6) is 0.133. The Morgan fingerprint density at radius 2 is 2.00 bits per heavy atom. The Hall–Kier alpha value is -3.25. The molecule has 4 aromatic rings. The Labute approximate surface area is 176 Å². The molecule has 1 atom stereocenters. The zero-order valence-corrected chi connectivity index (χ0v) is 16.6. The standard InChI is InChI=1S/C18H14ClF3N6O3/c1-27-7-23-16-15(27)17(30)28(8-24-16)6-14-25-13(26-31-14)5-12(29)9-2-3-11(19)10(4-9)18(20,21)22/h2-4,7-8,12,29H,5-6H2,1H3. The van der Waals surface area contributed by atoms with Crippen molar-refractivity contribution < 1.29 is 22.8 Å². The predicted molar refractivity (Wildman–Crippen MR) is 101 cm³/mol. The number of imidazole rings is 1. The van der Waals surface area contributed by atoms with E-state index in [1.807, 2.05) is 0 Å². The first-order valence-electron chi connectivity index (χ1n) is 8.86. The summed E-state index contributed by atoms with van der Waals surface area (Å²) in [4.78, 5) is 24.7. The second-order valence-electron chi connectivity index (χ2n) is 6.77. The maximum absolute atomic E-state index is 13.0. The Balaban J connectivity index is 1.52. The first-order valence-corrected chi connectivity index (χ1v) is 9.24. The van der Waals surface area contributed by atoms with Gasteiger partial charge in [0.15, 0.2) is 17.0 Å². The largest absolute Gasteiger partial charge is 0.417 e. The van der Waals surface area contributed by atoms with Crippen molar-refractivity contribution in [2.75, 3.05) is 0 Å². The smallest absolute Gasteiger partial charge is 0.388 e. The van der Waals surface area contributed by atoms with Gasteiger partial charge in [0.05, 0.1) is 23.0 Å². The molecule has 13 heteroatoms. The number of fused-ring (bicyclic) bond motifs is 1. The van der Waals surface area contributed by atoms with Crippen LogP contribution >= 0.6 is 11.6 Å². The molecule has 0 aliphatic rings. The molecule has 0 saturated heterocycles. The van der Waals surface area contributed by atoms with E-state index in [1.165, 1.54) is 27.9 Å². The number of alkyl halides is 3. The summed E-state index contributed by atoms with van der Waals surface area (Å²) >= 11 is 5.60. The van der Waals surface area contributed by atoms with E-state index in [0.717, 1.165) is 12.1 Å². The topological polar surface area (TPSA) is 112 Å². The summed E-state index contributed by atoms with van der Waals surface area (Å²) in [6, 6.07) is 3.14. The van der Waals surface area contributed by atoms with Crippen LogP contribution in [0.25, 0.3) is 11.2 Å². The van der Waals surface area contributed by atoms with Crippen LogP contribution in [0.2, 0.25) is 5.02 Å². The highest BCUT2D eigenvalue weighted by molar-refractivity contribution is 6.31. The highest BCUT2D eigenvalue weighted by Crippen LogP contribution is 2.36. The third-order valence-corrected chi connectivity index (χ3v) is 4.90. The van der Waals surface area contributed by atoms with Crippen LogP contribution < -0.4 is 5.56 Å². The van der Waals surface area contributed by atoms with Crippen LogP contribution in [0, 0.1) is 0 Å². The molecule has 31 heavy (non-hydrogen) atoms. The van der Waals surface area contributed by atoms with Gasteiger partial charge < -0.3 is 14.2 Å². The number of hydrogen-bond acceptors (Lipinski definition) is 7. The number of aromatic nitrogens is 6. The van der Waals surface area contributed by atoms with Gasteiger partial charge in [0, 0.05) is 13.5 Å². The maximum Gasteiger partial charge on any atom is 0.417 e. The molecule has 4 rings (SSSR count). The van der Waals surface area contributed by atoms with Gasteiger partial charge in [0.2, 0.25) is 5.89 Å². The molecule has 9 nitrogen and oxygen atoms in total. The summed E-state index contributed by atoms with van der Waals surface area (Å²) < 4.78 is 47.0. The SMILES string of the molecule is Cn1cnc2ncn(Cc3nc(CC(O)c4ccc(Cl)c(C(F)(F)F)c4)no3)c(=O)c21. The summed E-state index contributed by atoms with van der Waals surface area (Å²) in [5.41, 5.74) is -0.784. The van der Waals surface area contributed by atoms with Gasteiger partial charge in [-0.15, -0.1) is 0 Å². The Morgan fingerprint density at radius 1 is 1.26 bits per heavy atom. The number of benzene rings is 1. The Kier molecular flexibility index (Phi) is 5.27. The summed E-state index contributed by atoms with van der Waals surface area (Å²) in [7, 11) is 1.66. The van der Waals surface area contributed by atoms with E-state index in [1.54, 1.807) is 7.05 Å². The van der Waals surface area contributed by atoms with E-state index >= 15 is 0 Å². The van der Waals surface area contributed by atoms with Crippen LogP contribution in [0.3, 0.4) is 0 Å². The number of aliphatic hydroxyl groups excluding tert-OH is 1. The van der Waals surface area contributed by atoms with Gasteiger partial charge in [0.25, 0.3) is 5.56 Å². The van der Waals surface area contributed by atoms with E-state index in [0.29, 0.717) is 11.2 Å². The molecule has 0 radical (unpaired) electrons. The third-order valence-electron chi connectivity index (χ3n) is 4.57. The lowest BCUT2D eigenvalue weighted by Gasteiger charge is -2.13. The van der Waals surface area contributed by atoms with E-state index < -0.39 is 22.9 Å². The molecular formula is C18H14ClF3N6O3. The van der Waals surface area contributed by atoms with Crippen LogP contribution in [0.5, 0.6) is 0 Å². The molecule has 0 amide bonds. The number of rotatable bonds is 5. The first-order chi connectivity index (χ1) is 14.6. The Morgan fingerprint density at radius 3 is 2.74 bits per heavy atom. The van der Waals surface area contributed by atoms with Crippen molar-refractivity contribution in [1.29, 1.82) is 0 Å². The van der Waals surface area contributed by atoms with Crippen LogP contribution in [0.4, 0.5) is 13.2 Å². The van der Waals surface area contributed by atoms with Crippen LogP contribution in [0.1, 0.15) is 28.9 Å². The molecule has 1 unspecified atom stereocenters. The lowest BCUT2D eigenvalue weighted by Crippen LogP contribution is -2.22. The highest BCUT2D eigenvalue weighted by atomic mass is 35.5. The van der Waals surface area contributed by atoms with Gasteiger partial charge in [-0.3, -0.25) is 9.36 Å². The maximum atomic E-state index is 13.0. The quantitative estimate of drug-likeness (QED) is 0.493. The molecule has 0 aliphatic carbocycles. The fraction of sp³-hybridized carbons (Fsp3) is 0.278. The van der Waals surface area contributed by atoms with Crippen molar-refractivity contribution in [3.63, 3.8) is 0 Å². The van der Waals surface area contributed by atoms with E-state index in [2.05, 4.69) is 20.1 Å². The predicted octanol–water partition coefficient (Wildman–Crippen LogP) is 2.51. The fourth-order valence-electron chi connectivity index (χ4n) is 3.03. The van der Waals surface area contributed by atoms with Gasteiger partial charge in [-0.1, -0.05) is 22.8 Å². The molecule has 3 heterocycles. The van der Waals surface area contributed by atoms with Gasteiger partial charge in [-0.25, -0.2) is 9.97 Å². The second-order valence-corrected chi connectivity index (χ2v) is 7.17. The fourth-order valence-corrected chi connectivity index (χ4v) is 3.25. The average molecular weight is 455 g/mol. The minimum atomic E-state index is -4.65. The van der Waals surface area contributed by atoms with Crippen LogP contribution in [0.15, 0.2) is 40.2 Å². The van der Waals surface area contributed by atoms with Crippen molar-refractivity contribution in [2.24, 2.45) is 7.05 Å². The molecule has 0 aliphatic heterocycles. The molecule has 0 fully saturated rings. The number of aliphatic hydroxyl groups is 1. The van der Waals surface area contributed by atoms with Crippen molar-refractivity contribution in [3.8, 4) is 0 Å². The highest BCUT2D eigenvalue weighted by Gasteiger charge is 2.34. The minimum Gasteiger partial charge on any atom is -0.388 e. The molecule has 0 spiro atoms. The normalized spacial score (nSPS) is 13.1. The van der Waals surface area contributed by atoms with E-state index in [-0.39, 0.29) is 35.8 Å². The first kappa shape index (κ1) is 21.0. The average Bonchev–Trinajstić information content (AvgIpc) is 3.30. The number of nitrogens with zero attached hydrogens (tertiary/aromatic N) is 6. The molecule has 3 aromatic heterocycles. The zero-order valence-electron chi connectivity index (χ0n) is 15.8. The van der Waals surface area contributed by atoms with Gasteiger partial charge in [0.1, 0.15) is 12.9 Å². The number of aryl methyl sites for hydroxylation is 1. The zero-order chi connectivity index (χ0) is 22.3. The molecular weight excluding hydrogens is 441 g/mol. The van der Waals surface area contributed by atoms with E-state index in [9.17, 15) is 23.1 Å². The molecule has 162 valence electrons. The van der Waals surface area contributed by atoms with E-state index in [4.69, 9.17) is 16.1 Å². The van der Waals surface area contributed by atoms with Gasteiger partial charge >= 0.3 is 6.18 Å².